The molecule has 1 aromatic carbocycles. The summed E-state index contributed by atoms with van der Waals surface area (Å²) >= 11 is 6.39. The molecule has 0 radical (unpaired) electrons. The van der Waals surface area contributed by atoms with Gasteiger partial charge in [0.05, 0.1) is 10.7 Å². The molecule has 0 spiro atoms. The number of aromatic nitrogens is 2. The molecule has 0 aliphatic heterocycles. The first-order valence-electron chi connectivity index (χ1n) is 7.73. The summed E-state index contributed by atoms with van der Waals surface area (Å²) in [5, 5.41) is 5.60. The van der Waals surface area contributed by atoms with E-state index in [0.717, 1.165) is 31.2 Å². The third kappa shape index (κ3) is 3.24. The number of benzene rings is 1. The Labute approximate surface area is 146 Å². The van der Waals surface area contributed by atoms with Crippen LogP contribution in [0.15, 0.2) is 23.2 Å². The van der Waals surface area contributed by atoms with E-state index in [1.165, 1.54) is 6.07 Å². The topological polar surface area (TPSA) is 112 Å². The largest absolute Gasteiger partial charge is 0.368 e. The van der Waals surface area contributed by atoms with E-state index in [2.05, 4.69) is 9.97 Å². The van der Waals surface area contributed by atoms with E-state index in [1.54, 1.807) is 13.1 Å². The smallest absolute Gasteiger partial charge is 0.239 e. The second kappa shape index (κ2) is 6.31. The third-order valence-electron chi connectivity index (χ3n) is 4.48. The molecule has 0 unspecified atom stereocenters. The van der Waals surface area contributed by atoms with E-state index in [-0.39, 0.29) is 21.8 Å². The number of nitrogens with two attached hydrogens (primary N) is 2. The first-order valence-corrected chi connectivity index (χ1v) is 9.65. The van der Waals surface area contributed by atoms with Crippen molar-refractivity contribution < 1.29 is 8.42 Å². The number of anilines is 1. The van der Waals surface area contributed by atoms with Gasteiger partial charge in [-0.3, -0.25) is 0 Å². The molecule has 1 heterocycles. The Bertz CT molecular complexity index is 893. The number of halogens is 1. The monoisotopic (exact) mass is 366 g/mol. The van der Waals surface area contributed by atoms with E-state index in [0.29, 0.717) is 16.8 Å². The zero-order valence-corrected chi connectivity index (χ0v) is 14.9. The summed E-state index contributed by atoms with van der Waals surface area (Å²) in [5.41, 5.74) is 8.49. The van der Waals surface area contributed by atoms with Crippen molar-refractivity contribution in [3.63, 3.8) is 0 Å². The van der Waals surface area contributed by atoms with Gasteiger partial charge in [-0.15, -0.1) is 0 Å². The van der Waals surface area contributed by atoms with Crippen LogP contribution >= 0.6 is 11.6 Å². The lowest BCUT2D eigenvalue weighted by Crippen LogP contribution is -2.14. The molecule has 3 rings (SSSR count). The summed E-state index contributed by atoms with van der Waals surface area (Å²) in [7, 11) is -3.93. The molecule has 0 amide bonds. The highest BCUT2D eigenvalue weighted by atomic mass is 35.5. The molecule has 4 N–H and O–H groups in total. The molecule has 128 valence electrons. The van der Waals surface area contributed by atoms with Crippen LogP contribution in [0, 0.1) is 6.92 Å². The molecule has 1 saturated carbocycles. The van der Waals surface area contributed by atoms with Gasteiger partial charge >= 0.3 is 0 Å². The molecule has 0 atom stereocenters. The van der Waals surface area contributed by atoms with Gasteiger partial charge in [-0.05, 0) is 48.9 Å². The Balaban J connectivity index is 2.24. The molecule has 2 aromatic rings. The predicted molar refractivity (Wildman–Crippen MR) is 94.2 cm³/mol. The van der Waals surface area contributed by atoms with Gasteiger partial charge in [-0.25, -0.2) is 23.5 Å². The zero-order valence-electron chi connectivity index (χ0n) is 13.3. The van der Waals surface area contributed by atoms with Crippen molar-refractivity contribution in [1.29, 1.82) is 0 Å². The highest BCUT2D eigenvalue weighted by Gasteiger charge is 2.25. The van der Waals surface area contributed by atoms with Crippen LogP contribution in [0.5, 0.6) is 0 Å². The van der Waals surface area contributed by atoms with Crippen molar-refractivity contribution in [3.05, 3.63) is 34.6 Å². The first kappa shape index (κ1) is 17.1. The van der Waals surface area contributed by atoms with Crippen LogP contribution in [0.2, 0.25) is 5.02 Å². The standard InChI is InChI=1S/C16H19ClN4O2S/c1-9-13(8-20-16(18)21-9)11-6-12(10-4-2-3-5-10)15(17)14(7-11)24(19,22)23/h6-8,10H,2-5H2,1H3,(H2,18,20,21)(H2,19,22,23). The highest BCUT2D eigenvalue weighted by Crippen LogP contribution is 2.42. The molecule has 1 aliphatic rings. The van der Waals surface area contributed by atoms with Crippen LogP contribution in [-0.2, 0) is 10.0 Å². The molecule has 0 saturated heterocycles. The SMILES string of the molecule is Cc1nc(N)ncc1-c1cc(C2CCCC2)c(Cl)c(S(N)(=O)=O)c1. The average Bonchev–Trinajstić information content (AvgIpc) is 3.00. The summed E-state index contributed by atoms with van der Waals surface area (Å²) in [6, 6.07) is 3.41. The maximum absolute atomic E-state index is 12.0. The summed E-state index contributed by atoms with van der Waals surface area (Å²) in [6.07, 6.45) is 5.79. The number of rotatable bonds is 3. The molecular weight excluding hydrogens is 348 g/mol. The van der Waals surface area contributed by atoms with E-state index < -0.39 is 10.0 Å². The highest BCUT2D eigenvalue weighted by molar-refractivity contribution is 7.89. The Hall–Kier alpha value is -1.70. The van der Waals surface area contributed by atoms with Crippen molar-refractivity contribution >= 4 is 27.6 Å². The van der Waals surface area contributed by atoms with Gasteiger partial charge in [0.2, 0.25) is 16.0 Å². The van der Waals surface area contributed by atoms with Crippen molar-refractivity contribution in [2.24, 2.45) is 5.14 Å². The van der Waals surface area contributed by atoms with Crippen molar-refractivity contribution in [2.45, 2.75) is 43.4 Å². The lowest BCUT2D eigenvalue weighted by molar-refractivity contribution is 0.597. The van der Waals surface area contributed by atoms with Gasteiger partial charge in [0.25, 0.3) is 0 Å². The lowest BCUT2D eigenvalue weighted by Gasteiger charge is -2.17. The average molecular weight is 367 g/mol. The number of hydrogen-bond donors (Lipinski definition) is 2. The quantitative estimate of drug-likeness (QED) is 0.867. The number of nitrogen functional groups attached to an aromatic ring is 1. The van der Waals surface area contributed by atoms with Crippen LogP contribution < -0.4 is 10.9 Å². The second-order valence-electron chi connectivity index (χ2n) is 6.13. The van der Waals surface area contributed by atoms with E-state index in [9.17, 15) is 8.42 Å². The van der Waals surface area contributed by atoms with Crippen molar-refractivity contribution in [3.8, 4) is 11.1 Å². The molecule has 6 nitrogen and oxygen atoms in total. The van der Waals surface area contributed by atoms with Gasteiger partial charge in [0, 0.05) is 11.8 Å². The van der Waals surface area contributed by atoms with Gasteiger partial charge < -0.3 is 5.73 Å². The maximum Gasteiger partial charge on any atom is 0.239 e. The first-order chi connectivity index (χ1) is 11.3. The predicted octanol–water partition coefficient (Wildman–Crippen LogP) is 2.99. The molecule has 0 bridgehead atoms. The molecule has 8 heteroatoms. The maximum atomic E-state index is 12.0. The summed E-state index contributed by atoms with van der Waals surface area (Å²) in [4.78, 5) is 8.10. The number of primary sulfonamides is 1. The van der Waals surface area contributed by atoms with Crippen LogP contribution in [-0.4, -0.2) is 18.4 Å². The minimum Gasteiger partial charge on any atom is -0.368 e. The minimum absolute atomic E-state index is 0.0557. The van der Waals surface area contributed by atoms with Crippen molar-refractivity contribution in [2.75, 3.05) is 5.73 Å². The Morgan fingerprint density at radius 1 is 1.25 bits per heavy atom. The molecule has 1 fully saturated rings. The molecular formula is C16H19ClN4O2S. The summed E-state index contributed by atoms with van der Waals surface area (Å²) in [5.74, 6) is 0.417. The normalized spacial score (nSPS) is 15.8. The van der Waals surface area contributed by atoms with Gasteiger partial charge in [-0.1, -0.05) is 24.4 Å². The van der Waals surface area contributed by atoms with E-state index in [4.69, 9.17) is 22.5 Å². The third-order valence-corrected chi connectivity index (χ3v) is 5.95. The zero-order chi connectivity index (χ0) is 17.5. The fourth-order valence-corrected chi connectivity index (χ4v) is 4.53. The Morgan fingerprint density at radius 3 is 2.50 bits per heavy atom. The van der Waals surface area contributed by atoms with Gasteiger partial charge in [-0.2, -0.15) is 0 Å². The van der Waals surface area contributed by atoms with Gasteiger partial charge in [0.15, 0.2) is 0 Å². The number of aryl methyl sites for hydroxylation is 1. The molecule has 24 heavy (non-hydrogen) atoms. The Morgan fingerprint density at radius 2 is 1.92 bits per heavy atom. The summed E-state index contributed by atoms with van der Waals surface area (Å²) in [6.45, 7) is 1.80. The number of sulfonamides is 1. The van der Waals surface area contributed by atoms with Crippen LogP contribution in [0.3, 0.4) is 0 Å². The Kier molecular flexibility index (Phi) is 4.50. The van der Waals surface area contributed by atoms with Crippen LogP contribution in [0.4, 0.5) is 5.95 Å². The molecule has 1 aliphatic carbocycles. The number of nitrogens with zero attached hydrogens (tertiary/aromatic N) is 2. The van der Waals surface area contributed by atoms with Crippen LogP contribution in [0.1, 0.15) is 42.9 Å². The lowest BCUT2D eigenvalue weighted by atomic mass is 9.94. The number of hydrogen-bond acceptors (Lipinski definition) is 5. The fraction of sp³-hybridized carbons (Fsp3) is 0.375. The van der Waals surface area contributed by atoms with Crippen LogP contribution in [0.25, 0.3) is 11.1 Å². The van der Waals surface area contributed by atoms with E-state index >= 15 is 0 Å². The van der Waals surface area contributed by atoms with Gasteiger partial charge in [0.1, 0.15) is 4.90 Å². The van der Waals surface area contributed by atoms with Crippen molar-refractivity contribution in [1.82, 2.24) is 9.97 Å². The molecule has 1 aromatic heterocycles. The summed E-state index contributed by atoms with van der Waals surface area (Å²) < 4.78 is 24.0. The minimum atomic E-state index is -3.93. The second-order valence-corrected chi connectivity index (χ2v) is 8.04. The van der Waals surface area contributed by atoms with E-state index in [1.807, 2.05) is 6.07 Å². The fourth-order valence-electron chi connectivity index (χ4n) is 3.28.